The van der Waals surface area contributed by atoms with Crippen LogP contribution in [0.15, 0.2) is 0 Å². The summed E-state index contributed by atoms with van der Waals surface area (Å²) in [5.41, 5.74) is 1.17. The number of aryl methyl sites for hydroxylation is 2. The van der Waals surface area contributed by atoms with Crippen molar-refractivity contribution in [3.63, 3.8) is 0 Å². The summed E-state index contributed by atoms with van der Waals surface area (Å²) in [6.07, 6.45) is 5.39. The number of rotatable bonds is 2. The predicted molar refractivity (Wildman–Crippen MR) is 57.5 cm³/mol. The average Bonchev–Trinajstić information content (AvgIpc) is 2.64. The molecule has 2 rings (SSSR count). The highest BCUT2D eigenvalue weighted by Crippen LogP contribution is 2.26. The molecular weight excluding hydrogens is 180 g/mol. The van der Waals surface area contributed by atoms with Gasteiger partial charge in [0.1, 0.15) is 0 Å². The van der Waals surface area contributed by atoms with Crippen LogP contribution in [0.1, 0.15) is 36.3 Å². The van der Waals surface area contributed by atoms with Crippen LogP contribution in [0.4, 0.5) is 5.13 Å². The fourth-order valence-electron chi connectivity index (χ4n) is 1.78. The first kappa shape index (κ1) is 9.00. The van der Waals surface area contributed by atoms with Crippen LogP contribution < -0.4 is 5.32 Å². The summed E-state index contributed by atoms with van der Waals surface area (Å²) in [6.45, 7) is 4.21. The van der Waals surface area contributed by atoms with E-state index in [9.17, 15) is 0 Å². The number of nitrogens with one attached hydrogen (secondary N) is 1. The van der Waals surface area contributed by atoms with Crippen molar-refractivity contribution in [1.29, 1.82) is 0 Å². The topological polar surface area (TPSA) is 24.9 Å². The van der Waals surface area contributed by atoms with Gasteiger partial charge in [-0.2, -0.15) is 0 Å². The molecule has 1 aromatic heterocycles. The van der Waals surface area contributed by atoms with E-state index in [0.29, 0.717) is 6.04 Å². The fraction of sp³-hybridized carbons (Fsp3) is 0.700. The van der Waals surface area contributed by atoms with Crippen molar-refractivity contribution in [2.75, 3.05) is 5.32 Å². The lowest BCUT2D eigenvalue weighted by Crippen LogP contribution is -2.13. The molecule has 1 fully saturated rings. The first-order chi connectivity index (χ1) is 6.25. The van der Waals surface area contributed by atoms with Gasteiger partial charge in [0.15, 0.2) is 5.13 Å². The van der Waals surface area contributed by atoms with E-state index in [4.69, 9.17) is 0 Å². The fourth-order valence-corrected chi connectivity index (χ4v) is 2.67. The van der Waals surface area contributed by atoms with Gasteiger partial charge in [-0.1, -0.05) is 12.8 Å². The Morgan fingerprint density at radius 1 is 1.31 bits per heavy atom. The van der Waals surface area contributed by atoms with E-state index in [-0.39, 0.29) is 0 Å². The minimum absolute atomic E-state index is 0.685. The molecule has 1 heterocycles. The number of thiazole rings is 1. The van der Waals surface area contributed by atoms with Gasteiger partial charge < -0.3 is 5.32 Å². The minimum Gasteiger partial charge on any atom is -0.359 e. The molecule has 0 amide bonds. The molecular formula is C10H16N2S. The van der Waals surface area contributed by atoms with Crippen molar-refractivity contribution in [3.05, 3.63) is 10.6 Å². The van der Waals surface area contributed by atoms with Gasteiger partial charge in [-0.25, -0.2) is 4.98 Å². The molecule has 1 aliphatic rings. The van der Waals surface area contributed by atoms with Crippen molar-refractivity contribution < 1.29 is 0 Å². The lowest BCUT2D eigenvalue weighted by Gasteiger charge is -2.09. The Morgan fingerprint density at radius 3 is 2.54 bits per heavy atom. The van der Waals surface area contributed by atoms with E-state index in [1.807, 2.05) is 0 Å². The second kappa shape index (κ2) is 3.66. The third-order valence-electron chi connectivity index (χ3n) is 2.71. The van der Waals surface area contributed by atoms with Gasteiger partial charge in [-0.3, -0.25) is 0 Å². The van der Waals surface area contributed by atoms with E-state index < -0.39 is 0 Å². The standard InChI is InChI=1S/C10H16N2S/c1-7-8(2)13-10(11-7)12-9-5-3-4-6-9/h9H,3-6H2,1-2H3,(H,11,12). The number of hydrogen-bond donors (Lipinski definition) is 1. The molecule has 72 valence electrons. The summed E-state index contributed by atoms with van der Waals surface area (Å²) in [7, 11) is 0. The van der Waals surface area contributed by atoms with Crippen LogP contribution in [0.5, 0.6) is 0 Å². The number of hydrogen-bond acceptors (Lipinski definition) is 3. The molecule has 0 spiro atoms. The van der Waals surface area contributed by atoms with Crippen LogP contribution in [-0.4, -0.2) is 11.0 Å². The zero-order chi connectivity index (χ0) is 9.26. The Balaban J connectivity index is 2.00. The lowest BCUT2D eigenvalue weighted by atomic mass is 10.3. The third-order valence-corrected chi connectivity index (χ3v) is 3.72. The van der Waals surface area contributed by atoms with Gasteiger partial charge in [0.2, 0.25) is 0 Å². The van der Waals surface area contributed by atoms with Crippen LogP contribution in [0.25, 0.3) is 0 Å². The normalized spacial score (nSPS) is 18.0. The maximum absolute atomic E-state index is 4.48. The highest BCUT2D eigenvalue weighted by atomic mass is 32.1. The van der Waals surface area contributed by atoms with Gasteiger partial charge in [0, 0.05) is 10.9 Å². The Morgan fingerprint density at radius 2 is 2.00 bits per heavy atom. The summed E-state index contributed by atoms with van der Waals surface area (Å²) in [5, 5.41) is 4.62. The molecule has 1 saturated carbocycles. The number of anilines is 1. The van der Waals surface area contributed by atoms with E-state index in [0.717, 1.165) is 5.13 Å². The SMILES string of the molecule is Cc1nc(NC2CCCC2)sc1C. The summed E-state index contributed by atoms with van der Waals surface area (Å²) in [5.74, 6) is 0. The molecule has 1 N–H and O–H groups in total. The maximum Gasteiger partial charge on any atom is 0.183 e. The highest BCUT2D eigenvalue weighted by molar-refractivity contribution is 7.15. The smallest absolute Gasteiger partial charge is 0.183 e. The molecule has 2 nitrogen and oxygen atoms in total. The van der Waals surface area contributed by atoms with Crippen molar-refractivity contribution in [1.82, 2.24) is 4.98 Å². The van der Waals surface area contributed by atoms with E-state index >= 15 is 0 Å². The minimum atomic E-state index is 0.685. The van der Waals surface area contributed by atoms with Crippen LogP contribution in [0.3, 0.4) is 0 Å². The van der Waals surface area contributed by atoms with Crippen LogP contribution >= 0.6 is 11.3 Å². The van der Waals surface area contributed by atoms with Crippen molar-refractivity contribution >= 4 is 16.5 Å². The molecule has 0 aromatic carbocycles. The van der Waals surface area contributed by atoms with E-state index in [2.05, 4.69) is 24.1 Å². The van der Waals surface area contributed by atoms with E-state index in [1.165, 1.54) is 36.3 Å². The predicted octanol–water partition coefficient (Wildman–Crippen LogP) is 3.11. The summed E-state index contributed by atoms with van der Waals surface area (Å²) >= 11 is 1.78. The molecule has 0 unspecified atom stereocenters. The average molecular weight is 196 g/mol. The van der Waals surface area contributed by atoms with Gasteiger partial charge >= 0.3 is 0 Å². The quantitative estimate of drug-likeness (QED) is 0.786. The second-order valence-electron chi connectivity index (χ2n) is 3.79. The largest absolute Gasteiger partial charge is 0.359 e. The molecule has 0 atom stereocenters. The number of aromatic nitrogens is 1. The second-order valence-corrected chi connectivity index (χ2v) is 4.99. The van der Waals surface area contributed by atoms with Gasteiger partial charge in [-0.05, 0) is 26.7 Å². The Labute approximate surface area is 83.4 Å². The summed E-state index contributed by atoms with van der Waals surface area (Å²) in [4.78, 5) is 5.81. The summed E-state index contributed by atoms with van der Waals surface area (Å²) in [6, 6.07) is 0.685. The molecule has 13 heavy (non-hydrogen) atoms. The summed E-state index contributed by atoms with van der Waals surface area (Å²) < 4.78 is 0. The van der Waals surface area contributed by atoms with E-state index in [1.54, 1.807) is 11.3 Å². The molecule has 0 bridgehead atoms. The zero-order valence-electron chi connectivity index (χ0n) is 8.26. The first-order valence-corrected chi connectivity index (χ1v) is 5.78. The third kappa shape index (κ3) is 2.02. The van der Waals surface area contributed by atoms with Gasteiger partial charge in [0.05, 0.1) is 5.69 Å². The van der Waals surface area contributed by atoms with Crippen molar-refractivity contribution in [2.24, 2.45) is 0 Å². The molecule has 1 aliphatic carbocycles. The lowest BCUT2D eigenvalue weighted by molar-refractivity contribution is 0.754. The molecule has 0 radical (unpaired) electrons. The molecule has 0 aliphatic heterocycles. The molecule has 0 saturated heterocycles. The maximum atomic E-state index is 4.48. The Kier molecular flexibility index (Phi) is 2.54. The Bertz CT molecular complexity index is 268. The van der Waals surface area contributed by atoms with Crippen LogP contribution in [0, 0.1) is 13.8 Å². The Hall–Kier alpha value is -0.570. The zero-order valence-corrected chi connectivity index (χ0v) is 9.08. The highest BCUT2D eigenvalue weighted by Gasteiger charge is 2.15. The van der Waals surface area contributed by atoms with Gasteiger partial charge in [-0.15, -0.1) is 11.3 Å². The molecule has 3 heteroatoms. The first-order valence-electron chi connectivity index (χ1n) is 4.96. The van der Waals surface area contributed by atoms with Crippen LogP contribution in [0.2, 0.25) is 0 Å². The van der Waals surface area contributed by atoms with Crippen LogP contribution in [-0.2, 0) is 0 Å². The van der Waals surface area contributed by atoms with Gasteiger partial charge in [0.25, 0.3) is 0 Å². The number of nitrogens with zero attached hydrogens (tertiary/aromatic N) is 1. The monoisotopic (exact) mass is 196 g/mol. The van der Waals surface area contributed by atoms with Crippen molar-refractivity contribution in [3.8, 4) is 0 Å². The van der Waals surface area contributed by atoms with Crippen molar-refractivity contribution in [2.45, 2.75) is 45.6 Å². The molecule has 1 aromatic rings.